The third kappa shape index (κ3) is 5.99. The maximum absolute atomic E-state index is 13.2. The van der Waals surface area contributed by atoms with E-state index in [1.165, 1.54) is 91.6 Å². The van der Waals surface area contributed by atoms with Gasteiger partial charge in [-0.3, -0.25) is 9.59 Å². The van der Waals surface area contributed by atoms with Gasteiger partial charge in [-0.1, -0.05) is 12.1 Å². The van der Waals surface area contributed by atoms with Crippen molar-refractivity contribution >= 4 is 38.7 Å². The van der Waals surface area contributed by atoms with Crippen LogP contribution in [0.2, 0.25) is 0 Å². The van der Waals surface area contributed by atoms with Gasteiger partial charge in [0, 0.05) is 28.6 Å². The van der Waals surface area contributed by atoms with E-state index in [4.69, 9.17) is 4.74 Å². The van der Waals surface area contributed by atoms with Gasteiger partial charge in [0.25, 0.3) is 11.8 Å². The van der Waals surface area contributed by atoms with E-state index in [0.717, 1.165) is 40.1 Å². The fraction of sp³-hybridized carbons (Fsp3) is 0.324. The summed E-state index contributed by atoms with van der Waals surface area (Å²) in [6.07, 6.45) is 7.00. The second-order valence-corrected chi connectivity index (χ2v) is 15.2. The third-order valence-electron chi connectivity index (χ3n) is 9.36. The quantitative estimate of drug-likeness (QED) is 0.183. The first kappa shape index (κ1) is 29.6. The molecule has 0 saturated carbocycles. The number of aromatic nitrogens is 1. The Morgan fingerprint density at radius 2 is 1.76 bits per heavy atom. The van der Waals surface area contributed by atoms with Crippen LogP contribution < -0.4 is 15.4 Å². The molecule has 0 aliphatic carbocycles. The number of hydrogen-bond acceptors (Lipinski definition) is 7. The Morgan fingerprint density at radius 3 is 2.53 bits per heavy atom. The number of hydrogen-bond donors (Lipinski definition) is 2. The van der Waals surface area contributed by atoms with Gasteiger partial charge in [0.1, 0.15) is 10.8 Å². The van der Waals surface area contributed by atoms with E-state index in [1.807, 2.05) is 24.3 Å². The fourth-order valence-electron chi connectivity index (χ4n) is 6.75. The van der Waals surface area contributed by atoms with Crippen LogP contribution in [0.25, 0.3) is 10.6 Å². The highest BCUT2D eigenvalue weighted by atomic mass is 32.2. The van der Waals surface area contributed by atoms with Crippen LogP contribution in [0.1, 0.15) is 51.3 Å². The Hall–Kier alpha value is -4.06. The lowest BCUT2D eigenvalue weighted by Crippen LogP contribution is -2.58. The molecule has 2 N–H and O–H groups in total. The second-order valence-electron chi connectivity index (χ2n) is 12.2. The van der Waals surface area contributed by atoms with Gasteiger partial charge in [0.15, 0.2) is 0 Å². The number of carbonyl (C=O) groups excluding carboxylic acids is 2. The number of ether oxygens (including phenoxy) is 1. The van der Waals surface area contributed by atoms with Crippen molar-refractivity contribution in [2.75, 3.05) is 38.1 Å². The summed E-state index contributed by atoms with van der Waals surface area (Å²) in [6.45, 7) is 6.22. The van der Waals surface area contributed by atoms with E-state index in [9.17, 15) is 18.0 Å². The molecule has 2 bridgehead atoms. The van der Waals surface area contributed by atoms with Crippen molar-refractivity contribution in [1.82, 2.24) is 10.3 Å². The van der Waals surface area contributed by atoms with E-state index in [2.05, 4.69) is 15.6 Å². The zero-order chi connectivity index (χ0) is 31.0. The molecule has 8 rings (SSSR count). The van der Waals surface area contributed by atoms with Crippen LogP contribution in [-0.4, -0.2) is 62.5 Å². The number of thiazole rings is 1. The molecule has 3 fully saturated rings. The van der Waals surface area contributed by atoms with Crippen LogP contribution in [0.5, 0.6) is 5.75 Å². The number of rotatable bonds is 9. The minimum atomic E-state index is -3.94. The first-order valence-corrected chi connectivity index (χ1v) is 17.7. The molecule has 4 aromatic rings. The highest BCUT2D eigenvalue weighted by Crippen LogP contribution is 2.35. The average molecular weight is 644 g/mol. The van der Waals surface area contributed by atoms with Crippen molar-refractivity contribution in [2.45, 2.75) is 42.0 Å². The largest absolute Gasteiger partial charge is 0.493 e. The van der Waals surface area contributed by atoms with Gasteiger partial charge in [0.05, 0.1) is 60.4 Å². The van der Waals surface area contributed by atoms with E-state index in [-0.39, 0.29) is 33.2 Å². The van der Waals surface area contributed by atoms with Crippen LogP contribution in [0.15, 0.2) is 82.7 Å². The molecule has 3 aromatic carbocycles. The van der Waals surface area contributed by atoms with E-state index in [0.29, 0.717) is 0 Å². The molecule has 4 aliphatic rings. The number of fused-ring (bicyclic) bond motifs is 5. The van der Waals surface area contributed by atoms with Crippen molar-refractivity contribution in [3.05, 3.63) is 88.9 Å². The number of carbonyl (C=O) groups is 2. The molecular formula is C34H35N4O5S2+. The number of benzene rings is 3. The summed E-state index contributed by atoms with van der Waals surface area (Å²) in [5.74, 6) is 0.905. The molecule has 0 unspecified atom stereocenters. The number of amides is 2. The second kappa shape index (κ2) is 12.0. The van der Waals surface area contributed by atoms with Crippen LogP contribution in [-0.2, 0) is 16.4 Å². The summed E-state index contributed by atoms with van der Waals surface area (Å²) in [7, 11) is -3.94. The molecule has 9 nitrogen and oxygen atoms in total. The summed E-state index contributed by atoms with van der Waals surface area (Å²) < 4.78 is 33.8. The first-order chi connectivity index (χ1) is 21.8. The van der Waals surface area contributed by atoms with Crippen molar-refractivity contribution in [3.63, 3.8) is 0 Å². The first-order valence-electron chi connectivity index (χ1n) is 15.4. The van der Waals surface area contributed by atoms with Crippen LogP contribution in [0, 0.1) is 5.92 Å². The minimum absolute atomic E-state index is 0.0500. The SMILES string of the molecule is O=C(NCc1cnc(-c2ccc(OCCC[N+]34CCC(CC3)CC4)cc2)s1)c1ccc2c(c1)NC(=O)c1ccccc1S2(=O)=O. The number of anilines is 1. The van der Waals surface area contributed by atoms with Gasteiger partial charge in [-0.2, -0.15) is 0 Å². The summed E-state index contributed by atoms with van der Waals surface area (Å²) in [4.78, 5) is 31.0. The van der Waals surface area contributed by atoms with Crippen molar-refractivity contribution in [3.8, 4) is 16.3 Å². The normalized spacial score (nSPS) is 21.2. The molecule has 1 aromatic heterocycles. The molecule has 45 heavy (non-hydrogen) atoms. The van der Waals surface area contributed by atoms with Crippen molar-refractivity contribution in [2.24, 2.45) is 5.92 Å². The van der Waals surface area contributed by atoms with Crippen LogP contribution in [0.3, 0.4) is 0 Å². The summed E-state index contributed by atoms with van der Waals surface area (Å²) in [5.41, 5.74) is 1.35. The molecular weight excluding hydrogens is 609 g/mol. The van der Waals surface area contributed by atoms with E-state index in [1.54, 1.807) is 18.3 Å². The number of nitrogens with zero attached hydrogens (tertiary/aromatic N) is 2. The molecule has 0 spiro atoms. The standard InChI is InChI=1S/C34H34N4O5S2/c39-32(25-8-11-31-29(20-25)37-33(40)28-4-1-2-5-30(28)45(31,41)42)35-21-27-22-36-34(44-27)24-6-9-26(10-7-24)43-19-3-15-38-16-12-23(13-17-38)14-18-38/h1-2,4-11,20,22-23H,3,12-19,21H2,(H-,35,37,39,40)/p+1. The van der Waals surface area contributed by atoms with E-state index >= 15 is 0 Å². The van der Waals surface area contributed by atoms with Crippen molar-refractivity contribution < 1.29 is 27.2 Å². The Morgan fingerprint density at radius 1 is 1.00 bits per heavy atom. The highest BCUT2D eigenvalue weighted by Gasteiger charge is 2.39. The molecule has 11 heteroatoms. The fourth-order valence-corrected chi connectivity index (χ4v) is 9.20. The Bertz CT molecular complexity index is 1850. The molecule has 2 amide bonds. The lowest BCUT2D eigenvalue weighted by molar-refractivity contribution is -0.942. The van der Waals surface area contributed by atoms with Gasteiger partial charge < -0.3 is 19.9 Å². The predicted octanol–water partition coefficient (Wildman–Crippen LogP) is 5.54. The summed E-state index contributed by atoms with van der Waals surface area (Å²) >= 11 is 1.49. The maximum atomic E-state index is 13.2. The predicted molar refractivity (Wildman–Crippen MR) is 172 cm³/mol. The average Bonchev–Trinajstić information content (AvgIpc) is 3.53. The summed E-state index contributed by atoms with van der Waals surface area (Å²) in [5, 5.41) is 6.36. The lowest BCUT2D eigenvalue weighted by Gasteiger charge is -2.49. The maximum Gasteiger partial charge on any atom is 0.257 e. The molecule has 0 radical (unpaired) electrons. The zero-order valence-corrected chi connectivity index (χ0v) is 26.5. The lowest BCUT2D eigenvalue weighted by atomic mass is 9.85. The molecule has 5 heterocycles. The number of nitrogens with one attached hydrogen (secondary N) is 2. The molecule has 3 saturated heterocycles. The van der Waals surface area contributed by atoms with Gasteiger partial charge in [-0.05, 0) is 79.8 Å². The van der Waals surface area contributed by atoms with E-state index < -0.39 is 21.7 Å². The summed E-state index contributed by atoms with van der Waals surface area (Å²) in [6, 6.07) is 18.2. The van der Waals surface area contributed by atoms with Gasteiger partial charge in [0.2, 0.25) is 9.84 Å². The Labute approximate surface area is 266 Å². The van der Waals surface area contributed by atoms with Gasteiger partial charge in [-0.15, -0.1) is 11.3 Å². The molecule has 0 atom stereocenters. The van der Waals surface area contributed by atoms with Crippen molar-refractivity contribution in [1.29, 1.82) is 0 Å². The van der Waals surface area contributed by atoms with Gasteiger partial charge >= 0.3 is 0 Å². The zero-order valence-electron chi connectivity index (χ0n) is 24.8. The monoisotopic (exact) mass is 643 g/mol. The number of sulfone groups is 1. The third-order valence-corrected chi connectivity index (χ3v) is 12.3. The van der Waals surface area contributed by atoms with Crippen LogP contribution in [0.4, 0.5) is 5.69 Å². The Kier molecular flexibility index (Phi) is 7.93. The molecule has 4 aliphatic heterocycles. The highest BCUT2D eigenvalue weighted by molar-refractivity contribution is 7.91. The smallest absolute Gasteiger partial charge is 0.257 e. The molecule has 232 valence electrons. The minimum Gasteiger partial charge on any atom is -0.493 e. The number of quaternary nitrogens is 1. The Balaban J connectivity index is 0.935. The van der Waals surface area contributed by atoms with Crippen LogP contribution >= 0.6 is 11.3 Å². The topological polar surface area (TPSA) is 114 Å². The van der Waals surface area contributed by atoms with Gasteiger partial charge in [-0.25, -0.2) is 13.4 Å². The number of piperidine rings is 3.